The maximum atomic E-state index is 9.99. The lowest BCUT2D eigenvalue weighted by Gasteiger charge is -1.88. The Balaban J connectivity index is 3.56. The minimum atomic E-state index is 0.819. The van der Waals surface area contributed by atoms with Gasteiger partial charge in [-0.3, -0.25) is 4.79 Å². The number of unbranched alkanes of at least 4 members (excludes halogenated alkanes) is 2. The second-order valence-electron chi connectivity index (χ2n) is 2.59. The number of hydrogen-bond acceptors (Lipinski definition) is 1. The minimum absolute atomic E-state index is 0.819. The number of allylic oxidation sites excluding steroid dienone is 4. The van der Waals surface area contributed by atoms with E-state index < -0.39 is 0 Å². The Morgan fingerprint density at radius 1 is 1.45 bits per heavy atom. The first kappa shape index (κ1) is 10.2. The molecule has 0 amide bonds. The Morgan fingerprint density at radius 3 is 2.73 bits per heavy atom. The molecule has 0 aromatic carbocycles. The largest absolute Gasteiger partial charge is 0.299 e. The maximum Gasteiger partial charge on any atom is 0.143 e. The molecule has 0 aromatic heterocycles. The van der Waals surface area contributed by atoms with Crippen molar-refractivity contribution in [3.05, 3.63) is 23.8 Å². The third kappa shape index (κ3) is 7.04. The molecule has 0 N–H and O–H groups in total. The Kier molecular flexibility index (Phi) is 6.70. The molecule has 0 aliphatic heterocycles. The van der Waals surface area contributed by atoms with Gasteiger partial charge in [-0.1, -0.05) is 31.9 Å². The van der Waals surface area contributed by atoms with E-state index in [1.807, 2.05) is 13.0 Å². The summed E-state index contributed by atoms with van der Waals surface area (Å²) in [5, 5.41) is 0. The fourth-order valence-electron chi connectivity index (χ4n) is 0.754. The predicted molar refractivity (Wildman–Crippen MR) is 48.5 cm³/mol. The fraction of sp³-hybridized carbons (Fsp3) is 0.500. The third-order valence-corrected chi connectivity index (χ3v) is 1.44. The van der Waals surface area contributed by atoms with E-state index in [0.717, 1.165) is 18.3 Å². The number of rotatable bonds is 5. The summed E-state index contributed by atoms with van der Waals surface area (Å²) in [6.45, 7) is 4.10. The lowest BCUT2D eigenvalue weighted by atomic mass is 10.2. The van der Waals surface area contributed by atoms with Crippen molar-refractivity contribution in [2.45, 2.75) is 33.1 Å². The first-order valence-corrected chi connectivity index (χ1v) is 4.10. The van der Waals surface area contributed by atoms with Crippen LogP contribution in [0.25, 0.3) is 0 Å². The van der Waals surface area contributed by atoms with Crippen LogP contribution in [0.2, 0.25) is 0 Å². The molecule has 11 heavy (non-hydrogen) atoms. The normalized spacial score (nSPS) is 12.4. The summed E-state index contributed by atoms with van der Waals surface area (Å²) in [4.78, 5) is 9.99. The lowest BCUT2D eigenvalue weighted by molar-refractivity contribution is -0.104. The van der Waals surface area contributed by atoms with E-state index in [1.165, 1.54) is 12.8 Å². The van der Waals surface area contributed by atoms with Gasteiger partial charge in [-0.2, -0.15) is 0 Å². The maximum absolute atomic E-state index is 9.99. The zero-order valence-corrected chi connectivity index (χ0v) is 7.34. The third-order valence-electron chi connectivity index (χ3n) is 1.44. The average molecular weight is 152 g/mol. The molecular formula is C10H16O. The Bertz CT molecular complexity index is 154. The van der Waals surface area contributed by atoms with Crippen LogP contribution in [0.3, 0.4) is 0 Å². The van der Waals surface area contributed by atoms with Crippen molar-refractivity contribution in [2.75, 3.05) is 0 Å². The van der Waals surface area contributed by atoms with Crippen molar-refractivity contribution < 1.29 is 4.79 Å². The molecule has 0 bridgehead atoms. The van der Waals surface area contributed by atoms with Crippen LogP contribution in [0.15, 0.2) is 23.8 Å². The molecule has 0 fully saturated rings. The number of carbonyl (C=O) groups is 1. The van der Waals surface area contributed by atoms with Gasteiger partial charge in [0.05, 0.1) is 0 Å². The van der Waals surface area contributed by atoms with E-state index in [1.54, 1.807) is 6.08 Å². The first-order valence-electron chi connectivity index (χ1n) is 4.10. The van der Waals surface area contributed by atoms with Crippen molar-refractivity contribution in [3.63, 3.8) is 0 Å². The van der Waals surface area contributed by atoms with Gasteiger partial charge in [0, 0.05) is 0 Å². The predicted octanol–water partition coefficient (Wildman–Crippen LogP) is 2.88. The van der Waals surface area contributed by atoms with E-state index in [4.69, 9.17) is 0 Å². The zero-order valence-electron chi connectivity index (χ0n) is 7.34. The van der Waals surface area contributed by atoms with Gasteiger partial charge in [0.1, 0.15) is 6.29 Å². The zero-order chi connectivity index (χ0) is 8.53. The van der Waals surface area contributed by atoms with Crippen LogP contribution >= 0.6 is 0 Å². The standard InChI is InChI=1S/C10H16O/c1-3-4-5-6-7-10(2)8-9-11/h6-9H,3-5H2,1-2H3/b7-6+,10-8-. The molecule has 0 saturated carbocycles. The smallest absolute Gasteiger partial charge is 0.143 e. The molecule has 0 rings (SSSR count). The lowest BCUT2D eigenvalue weighted by Crippen LogP contribution is -1.71. The van der Waals surface area contributed by atoms with Crippen LogP contribution in [0.5, 0.6) is 0 Å². The summed E-state index contributed by atoms with van der Waals surface area (Å²) < 4.78 is 0. The fourth-order valence-corrected chi connectivity index (χ4v) is 0.754. The summed E-state index contributed by atoms with van der Waals surface area (Å²) >= 11 is 0. The van der Waals surface area contributed by atoms with Gasteiger partial charge in [-0.25, -0.2) is 0 Å². The van der Waals surface area contributed by atoms with Crippen molar-refractivity contribution in [3.8, 4) is 0 Å². The molecule has 1 nitrogen and oxygen atoms in total. The highest BCUT2D eigenvalue weighted by molar-refractivity contribution is 5.66. The quantitative estimate of drug-likeness (QED) is 0.256. The highest BCUT2D eigenvalue weighted by Crippen LogP contribution is 1.98. The number of hydrogen-bond donors (Lipinski definition) is 0. The van der Waals surface area contributed by atoms with Gasteiger partial charge in [-0.05, 0) is 25.0 Å². The average Bonchev–Trinajstić information content (AvgIpc) is 1.99. The molecular weight excluding hydrogens is 136 g/mol. The van der Waals surface area contributed by atoms with Crippen molar-refractivity contribution in [2.24, 2.45) is 0 Å². The van der Waals surface area contributed by atoms with Gasteiger partial charge in [0.15, 0.2) is 0 Å². The Morgan fingerprint density at radius 2 is 2.18 bits per heavy atom. The second kappa shape index (κ2) is 7.26. The number of aldehydes is 1. The molecule has 0 aliphatic carbocycles. The van der Waals surface area contributed by atoms with E-state index in [-0.39, 0.29) is 0 Å². The van der Waals surface area contributed by atoms with E-state index >= 15 is 0 Å². The first-order chi connectivity index (χ1) is 5.31. The van der Waals surface area contributed by atoms with E-state index in [0.29, 0.717) is 0 Å². The van der Waals surface area contributed by atoms with Crippen molar-refractivity contribution >= 4 is 6.29 Å². The summed E-state index contributed by atoms with van der Waals surface area (Å²) in [5.41, 5.74) is 1.02. The van der Waals surface area contributed by atoms with Gasteiger partial charge in [-0.15, -0.1) is 0 Å². The van der Waals surface area contributed by atoms with Crippen LogP contribution in [-0.2, 0) is 4.79 Å². The van der Waals surface area contributed by atoms with Gasteiger partial charge < -0.3 is 0 Å². The van der Waals surface area contributed by atoms with Gasteiger partial charge >= 0.3 is 0 Å². The Labute approximate surface area is 68.8 Å². The monoisotopic (exact) mass is 152 g/mol. The molecule has 0 aliphatic rings. The molecule has 0 unspecified atom stereocenters. The van der Waals surface area contributed by atoms with E-state index in [2.05, 4.69) is 13.0 Å². The minimum Gasteiger partial charge on any atom is -0.299 e. The summed E-state index contributed by atoms with van der Waals surface area (Å²) in [6.07, 6.45) is 10.1. The summed E-state index contributed by atoms with van der Waals surface area (Å²) in [6, 6.07) is 0. The molecule has 0 aromatic rings. The van der Waals surface area contributed by atoms with Crippen LogP contribution in [0.4, 0.5) is 0 Å². The van der Waals surface area contributed by atoms with Crippen LogP contribution in [-0.4, -0.2) is 6.29 Å². The van der Waals surface area contributed by atoms with Crippen molar-refractivity contribution in [1.82, 2.24) is 0 Å². The summed E-state index contributed by atoms with van der Waals surface area (Å²) in [5.74, 6) is 0. The molecule has 0 heterocycles. The molecule has 62 valence electrons. The molecule has 1 heteroatoms. The molecule has 0 radical (unpaired) electrons. The molecule has 0 saturated heterocycles. The van der Waals surface area contributed by atoms with Crippen LogP contribution in [0, 0.1) is 0 Å². The highest BCUT2D eigenvalue weighted by Gasteiger charge is 1.80. The summed E-state index contributed by atoms with van der Waals surface area (Å²) in [7, 11) is 0. The number of carbonyl (C=O) groups excluding carboxylic acids is 1. The van der Waals surface area contributed by atoms with Crippen molar-refractivity contribution in [1.29, 1.82) is 0 Å². The second-order valence-corrected chi connectivity index (χ2v) is 2.59. The molecule has 0 spiro atoms. The SMILES string of the molecule is CCCC/C=C/C(C)=C\C=O. The van der Waals surface area contributed by atoms with Gasteiger partial charge in [0.2, 0.25) is 0 Å². The Hall–Kier alpha value is -0.850. The van der Waals surface area contributed by atoms with Crippen LogP contribution in [0.1, 0.15) is 33.1 Å². The topological polar surface area (TPSA) is 17.1 Å². The highest BCUT2D eigenvalue weighted by atomic mass is 16.1. The van der Waals surface area contributed by atoms with Gasteiger partial charge in [0.25, 0.3) is 0 Å². The van der Waals surface area contributed by atoms with E-state index in [9.17, 15) is 4.79 Å². The molecule has 0 atom stereocenters. The van der Waals surface area contributed by atoms with Crippen LogP contribution < -0.4 is 0 Å².